The van der Waals surface area contributed by atoms with Crippen LogP contribution in [0.5, 0.6) is 11.5 Å². The molecule has 2 heterocycles. The van der Waals surface area contributed by atoms with Gasteiger partial charge in [-0.1, -0.05) is 0 Å². The van der Waals surface area contributed by atoms with Crippen LogP contribution in [0.2, 0.25) is 0 Å². The molecule has 108 valence electrons. The number of amides is 1. The van der Waals surface area contributed by atoms with E-state index in [9.17, 15) is 4.79 Å². The largest absolute Gasteiger partial charge is 0.486 e. The first-order valence-electron chi connectivity index (χ1n) is 6.14. The number of aromatic nitrogens is 1. The summed E-state index contributed by atoms with van der Waals surface area (Å²) in [5.74, 6) is 1.03. The van der Waals surface area contributed by atoms with Crippen molar-refractivity contribution in [2.24, 2.45) is 0 Å². The Kier molecular flexibility index (Phi) is 4.12. The van der Waals surface area contributed by atoms with Crippen molar-refractivity contribution in [3.63, 3.8) is 0 Å². The molecule has 0 radical (unpaired) electrons. The fourth-order valence-electron chi connectivity index (χ4n) is 1.89. The van der Waals surface area contributed by atoms with Gasteiger partial charge in [0.15, 0.2) is 11.5 Å². The Morgan fingerprint density at radius 2 is 1.81 bits per heavy atom. The van der Waals surface area contributed by atoms with E-state index in [1.165, 1.54) is 6.20 Å². The van der Waals surface area contributed by atoms with Gasteiger partial charge >= 0.3 is 0 Å². The topological polar surface area (TPSA) is 60.5 Å². The summed E-state index contributed by atoms with van der Waals surface area (Å²) < 4.78 is 12.5. The minimum atomic E-state index is -0.249. The van der Waals surface area contributed by atoms with E-state index in [1.807, 2.05) is 0 Å². The average molecular weight is 414 g/mol. The molecule has 21 heavy (non-hydrogen) atoms. The zero-order valence-corrected chi connectivity index (χ0v) is 13.9. The van der Waals surface area contributed by atoms with Crippen LogP contribution in [0, 0.1) is 0 Å². The van der Waals surface area contributed by atoms with Gasteiger partial charge in [0, 0.05) is 33.5 Å². The van der Waals surface area contributed by atoms with Crippen LogP contribution < -0.4 is 14.8 Å². The van der Waals surface area contributed by atoms with E-state index in [4.69, 9.17) is 9.47 Å². The molecule has 5 nitrogen and oxygen atoms in total. The van der Waals surface area contributed by atoms with Crippen molar-refractivity contribution in [1.82, 2.24) is 4.98 Å². The smallest absolute Gasteiger partial charge is 0.257 e. The molecule has 0 fully saturated rings. The molecule has 1 amide bonds. The Bertz CT molecular complexity index is 707. The predicted octanol–water partition coefficient (Wildman–Crippen LogP) is 3.63. The Balaban J connectivity index is 1.86. The number of halogens is 2. The second-order valence-corrected chi connectivity index (χ2v) is 6.09. The Morgan fingerprint density at radius 1 is 1.10 bits per heavy atom. The number of carbonyl (C=O) groups excluding carboxylic acids is 1. The number of rotatable bonds is 2. The van der Waals surface area contributed by atoms with E-state index in [0.717, 1.165) is 8.95 Å². The van der Waals surface area contributed by atoms with Crippen molar-refractivity contribution in [3.8, 4) is 11.5 Å². The van der Waals surface area contributed by atoms with Gasteiger partial charge in [-0.3, -0.25) is 9.78 Å². The maximum atomic E-state index is 12.2. The third-order valence-electron chi connectivity index (χ3n) is 2.85. The molecule has 0 aliphatic carbocycles. The maximum Gasteiger partial charge on any atom is 0.257 e. The molecule has 0 saturated heterocycles. The molecule has 1 N–H and O–H groups in total. The van der Waals surface area contributed by atoms with Gasteiger partial charge in [-0.2, -0.15) is 0 Å². The van der Waals surface area contributed by atoms with Gasteiger partial charge in [-0.15, -0.1) is 0 Å². The standard InChI is InChI=1S/C14H10Br2N2O3/c15-9-3-8(6-17-7-9)14(19)18-11-5-13-12(4-10(11)16)20-1-2-21-13/h3-7H,1-2H2,(H,18,19). The lowest BCUT2D eigenvalue weighted by molar-refractivity contribution is 0.102. The minimum absolute atomic E-state index is 0.249. The number of nitrogens with one attached hydrogen (secondary N) is 1. The molecule has 0 saturated carbocycles. The van der Waals surface area contributed by atoms with Gasteiger partial charge in [0.2, 0.25) is 0 Å². The van der Waals surface area contributed by atoms with Crippen LogP contribution in [-0.4, -0.2) is 24.1 Å². The maximum absolute atomic E-state index is 12.2. The van der Waals surface area contributed by atoms with Crippen molar-refractivity contribution in [3.05, 3.63) is 45.1 Å². The summed E-state index contributed by atoms with van der Waals surface area (Å²) in [4.78, 5) is 16.2. The van der Waals surface area contributed by atoms with Crippen molar-refractivity contribution in [1.29, 1.82) is 0 Å². The monoisotopic (exact) mass is 412 g/mol. The summed E-state index contributed by atoms with van der Waals surface area (Å²) in [7, 11) is 0. The van der Waals surface area contributed by atoms with Gasteiger partial charge in [0.25, 0.3) is 5.91 Å². The Morgan fingerprint density at radius 3 is 2.52 bits per heavy atom. The third kappa shape index (κ3) is 3.19. The molecule has 7 heteroatoms. The first-order chi connectivity index (χ1) is 10.1. The molecular formula is C14H10Br2N2O3. The van der Waals surface area contributed by atoms with E-state index in [1.54, 1.807) is 24.4 Å². The van der Waals surface area contributed by atoms with E-state index >= 15 is 0 Å². The summed E-state index contributed by atoms with van der Waals surface area (Å²) in [6, 6.07) is 5.22. The van der Waals surface area contributed by atoms with Crippen LogP contribution >= 0.6 is 31.9 Å². The van der Waals surface area contributed by atoms with Crippen LogP contribution in [0.15, 0.2) is 39.5 Å². The van der Waals surface area contributed by atoms with Gasteiger partial charge in [-0.05, 0) is 37.9 Å². The number of hydrogen-bond donors (Lipinski definition) is 1. The molecule has 3 rings (SSSR count). The molecular weight excluding hydrogens is 404 g/mol. The lowest BCUT2D eigenvalue weighted by atomic mass is 10.2. The lowest BCUT2D eigenvalue weighted by Crippen LogP contribution is -2.17. The highest BCUT2D eigenvalue weighted by Crippen LogP contribution is 2.38. The summed E-state index contributed by atoms with van der Waals surface area (Å²) >= 11 is 6.71. The normalized spacial score (nSPS) is 12.9. The first-order valence-corrected chi connectivity index (χ1v) is 7.73. The number of benzene rings is 1. The third-order valence-corrected chi connectivity index (χ3v) is 3.94. The molecule has 1 aromatic heterocycles. The van der Waals surface area contributed by atoms with Crippen LogP contribution in [0.1, 0.15) is 10.4 Å². The van der Waals surface area contributed by atoms with Crippen LogP contribution in [0.4, 0.5) is 5.69 Å². The van der Waals surface area contributed by atoms with Crippen LogP contribution in [0.3, 0.4) is 0 Å². The Labute approximate surface area is 137 Å². The average Bonchev–Trinajstić information content (AvgIpc) is 2.48. The SMILES string of the molecule is O=C(Nc1cc2c(cc1Br)OCCO2)c1cncc(Br)c1. The second-order valence-electron chi connectivity index (χ2n) is 4.32. The van der Waals surface area contributed by atoms with Crippen LogP contribution in [-0.2, 0) is 0 Å². The molecule has 0 bridgehead atoms. The fraction of sp³-hybridized carbons (Fsp3) is 0.143. The van der Waals surface area contributed by atoms with Crippen molar-refractivity contribution in [2.75, 3.05) is 18.5 Å². The van der Waals surface area contributed by atoms with E-state index in [0.29, 0.717) is 36.0 Å². The van der Waals surface area contributed by atoms with Crippen LogP contribution in [0.25, 0.3) is 0 Å². The highest BCUT2D eigenvalue weighted by atomic mass is 79.9. The highest BCUT2D eigenvalue weighted by molar-refractivity contribution is 9.10. The zero-order chi connectivity index (χ0) is 14.8. The summed E-state index contributed by atoms with van der Waals surface area (Å²) in [5.41, 5.74) is 1.08. The number of anilines is 1. The van der Waals surface area contributed by atoms with Gasteiger partial charge < -0.3 is 14.8 Å². The number of pyridine rings is 1. The number of carbonyl (C=O) groups is 1. The highest BCUT2D eigenvalue weighted by Gasteiger charge is 2.16. The second kappa shape index (κ2) is 6.03. The fourth-order valence-corrected chi connectivity index (χ4v) is 2.68. The predicted molar refractivity (Wildman–Crippen MR) is 85.0 cm³/mol. The molecule has 1 aliphatic rings. The minimum Gasteiger partial charge on any atom is -0.486 e. The van der Waals surface area contributed by atoms with Crippen molar-refractivity contribution >= 4 is 43.5 Å². The molecule has 0 spiro atoms. The number of fused-ring (bicyclic) bond motifs is 1. The zero-order valence-electron chi connectivity index (χ0n) is 10.7. The van der Waals surface area contributed by atoms with Crippen molar-refractivity contribution in [2.45, 2.75) is 0 Å². The first kappa shape index (κ1) is 14.3. The van der Waals surface area contributed by atoms with E-state index in [-0.39, 0.29) is 5.91 Å². The molecule has 0 unspecified atom stereocenters. The molecule has 1 aromatic carbocycles. The number of hydrogen-bond acceptors (Lipinski definition) is 4. The lowest BCUT2D eigenvalue weighted by Gasteiger charge is -2.20. The van der Waals surface area contributed by atoms with Gasteiger partial charge in [-0.25, -0.2) is 0 Å². The van der Waals surface area contributed by atoms with E-state index < -0.39 is 0 Å². The van der Waals surface area contributed by atoms with Gasteiger partial charge in [0.05, 0.1) is 11.3 Å². The number of nitrogens with zero attached hydrogens (tertiary/aromatic N) is 1. The molecule has 2 aromatic rings. The molecule has 1 aliphatic heterocycles. The van der Waals surface area contributed by atoms with Crippen molar-refractivity contribution < 1.29 is 14.3 Å². The van der Waals surface area contributed by atoms with Gasteiger partial charge in [0.1, 0.15) is 13.2 Å². The van der Waals surface area contributed by atoms with E-state index in [2.05, 4.69) is 42.2 Å². The number of ether oxygens (including phenoxy) is 2. The Hall–Kier alpha value is -1.60. The quantitative estimate of drug-likeness (QED) is 0.816. The summed E-state index contributed by atoms with van der Waals surface area (Å²) in [5, 5.41) is 2.82. The molecule has 0 atom stereocenters. The summed E-state index contributed by atoms with van der Waals surface area (Å²) in [6.45, 7) is 1.02. The summed E-state index contributed by atoms with van der Waals surface area (Å²) in [6.07, 6.45) is 3.13.